The molecule has 3 aliphatic heterocycles. The van der Waals surface area contributed by atoms with Gasteiger partial charge in [-0.3, -0.25) is 0 Å². The third-order valence-electron chi connectivity index (χ3n) is 4.58. The van der Waals surface area contributed by atoms with Gasteiger partial charge in [0.1, 0.15) is 11.9 Å². The van der Waals surface area contributed by atoms with Gasteiger partial charge in [0.05, 0.1) is 19.6 Å². The predicted molar refractivity (Wildman–Crippen MR) is 78.8 cm³/mol. The number of benzene rings is 2. The van der Waals surface area contributed by atoms with E-state index in [0.717, 1.165) is 22.6 Å². The van der Waals surface area contributed by atoms with Crippen molar-refractivity contribution in [3.63, 3.8) is 0 Å². The minimum absolute atomic E-state index is 0.0113. The van der Waals surface area contributed by atoms with Crippen molar-refractivity contribution in [3.8, 4) is 34.5 Å². The van der Waals surface area contributed by atoms with Crippen molar-refractivity contribution in [1.29, 1.82) is 0 Å². The molecule has 118 valence electrons. The quantitative estimate of drug-likeness (QED) is 0.873. The van der Waals surface area contributed by atoms with E-state index >= 15 is 0 Å². The lowest BCUT2D eigenvalue weighted by molar-refractivity contribution is 0.134. The molecule has 6 nitrogen and oxygen atoms in total. The fourth-order valence-corrected chi connectivity index (χ4v) is 3.45. The van der Waals surface area contributed by atoms with Crippen LogP contribution in [0.1, 0.15) is 23.1 Å². The smallest absolute Gasteiger partial charge is 0.231 e. The van der Waals surface area contributed by atoms with Gasteiger partial charge in [0.25, 0.3) is 0 Å². The molecule has 2 aromatic carbocycles. The molecule has 6 heteroatoms. The van der Waals surface area contributed by atoms with Gasteiger partial charge in [0, 0.05) is 17.2 Å². The molecule has 1 N–H and O–H groups in total. The molecular formula is C17H14O6. The first-order valence-electron chi connectivity index (χ1n) is 7.39. The van der Waals surface area contributed by atoms with Gasteiger partial charge in [0.15, 0.2) is 23.0 Å². The average Bonchev–Trinajstić information content (AvgIpc) is 3.16. The maximum absolute atomic E-state index is 10.3. The highest BCUT2D eigenvalue weighted by Crippen LogP contribution is 2.56. The van der Waals surface area contributed by atoms with Crippen molar-refractivity contribution in [3.05, 3.63) is 35.4 Å². The molecule has 0 amide bonds. The van der Waals surface area contributed by atoms with Crippen LogP contribution in [0.3, 0.4) is 0 Å². The summed E-state index contributed by atoms with van der Waals surface area (Å²) in [4.78, 5) is 0. The van der Waals surface area contributed by atoms with Crippen LogP contribution in [0.5, 0.6) is 34.5 Å². The van der Waals surface area contributed by atoms with E-state index in [0.29, 0.717) is 23.9 Å². The van der Waals surface area contributed by atoms with Crippen LogP contribution in [0.2, 0.25) is 0 Å². The standard InChI is InChI=1S/C17H14O6/c1-19-11-3-2-8-16-10(6-20-17(8)15(11)18)9-4-13-14(22-7-21-13)5-12(9)23-16/h2-5,10,16,18H,6-7H2,1H3/t10-,16-/m0/s1. The number of hydrogen-bond acceptors (Lipinski definition) is 6. The van der Waals surface area contributed by atoms with Crippen LogP contribution in [-0.4, -0.2) is 25.6 Å². The molecule has 2 aromatic rings. The van der Waals surface area contributed by atoms with Crippen LogP contribution in [0.25, 0.3) is 0 Å². The van der Waals surface area contributed by atoms with Crippen molar-refractivity contribution in [2.75, 3.05) is 20.5 Å². The van der Waals surface area contributed by atoms with E-state index < -0.39 is 0 Å². The topological polar surface area (TPSA) is 66.4 Å². The van der Waals surface area contributed by atoms with Gasteiger partial charge >= 0.3 is 0 Å². The van der Waals surface area contributed by atoms with E-state index in [1.807, 2.05) is 18.2 Å². The number of fused-ring (bicyclic) bond motifs is 6. The predicted octanol–water partition coefficient (Wildman–Crippen LogP) is 2.74. The second-order valence-corrected chi connectivity index (χ2v) is 5.73. The van der Waals surface area contributed by atoms with Crippen LogP contribution < -0.4 is 23.7 Å². The Labute approximate surface area is 132 Å². The van der Waals surface area contributed by atoms with Gasteiger partial charge < -0.3 is 28.8 Å². The first-order chi connectivity index (χ1) is 11.3. The van der Waals surface area contributed by atoms with Crippen LogP contribution in [0.15, 0.2) is 24.3 Å². The Morgan fingerprint density at radius 2 is 1.87 bits per heavy atom. The summed E-state index contributed by atoms with van der Waals surface area (Å²) in [5, 5.41) is 10.3. The van der Waals surface area contributed by atoms with Crippen molar-refractivity contribution in [2.45, 2.75) is 12.0 Å². The Hall–Kier alpha value is -2.76. The minimum atomic E-state index is -0.201. The van der Waals surface area contributed by atoms with E-state index in [-0.39, 0.29) is 24.6 Å². The lowest BCUT2D eigenvalue weighted by Gasteiger charge is -2.28. The molecule has 0 bridgehead atoms. The highest BCUT2D eigenvalue weighted by atomic mass is 16.7. The monoisotopic (exact) mass is 314 g/mol. The van der Waals surface area contributed by atoms with Crippen molar-refractivity contribution in [2.24, 2.45) is 0 Å². The number of rotatable bonds is 1. The normalized spacial score (nSPS) is 22.5. The Kier molecular flexibility index (Phi) is 2.43. The summed E-state index contributed by atoms with van der Waals surface area (Å²) in [6, 6.07) is 7.41. The highest BCUT2D eigenvalue weighted by molar-refractivity contribution is 5.61. The van der Waals surface area contributed by atoms with Gasteiger partial charge in [-0.25, -0.2) is 0 Å². The van der Waals surface area contributed by atoms with Gasteiger partial charge in [-0.15, -0.1) is 0 Å². The number of hydrogen-bond donors (Lipinski definition) is 1. The summed E-state index contributed by atoms with van der Waals surface area (Å²) in [5.74, 6) is 3.09. The van der Waals surface area contributed by atoms with Gasteiger partial charge in [0.2, 0.25) is 12.5 Å². The minimum Gasteiger partial charge on any atom is -0.502 e. The molecule has 2 atom stereocenters. The first-order valence-corrected chi connectivity index (χ1v) is 7.39. The van der Waals surface area contributed by atoms with E-state index in [9.17, 15) is 5.11 Å². The molecule has 0 aliphatic carbocycles. The summed E-state index contributed by atoms with van der Waals surface area (Å²) in [6.45, 7) is 0.657. The molecule has 0 aromatic heterocycles. The van der Waals surface area contributed by atoms with Gasteiger partial charge in [-0.1, -0.05) is 0 Å². The zero-order chi connectivity index (χ0) is 15.6. The highest BCUT2D eigenvalue weighted by Gasteiger charge is 2.43. The number of phenols is 1. The van der Waals surface area contributed by atoms with Gasteiger partial charge in [-0.05, 0) is 18.2 Å². The van der Waals surface area contributed by atoms with Crippen LogP contribution in [0, 0.1) is 0 Å². The lowest BCUT2D eigenvalue weighted by atomic mass is 9.89. The van der Waals surface area contributed by atoms with E-state index in [1.165, 1.54) is 7.11 Å². The molecule has 0 radical (unpaired) electrons. The zero-order valence-electron chi connectivity index (χ0n) is 12.4. The molecule has 0 unspecified atom stereocenters. The molecule has 5 rings (SSSR count). The number of ether oxygens (including phenoxy) is 5. The number of phenolic OH excluding ortho intramolecular Hbond substituents is 1. The summed E-state index contributed by atoms with van der Waals surface area (Å²) in [6.07, 6.45) is -0.201. The third kappa shape index (κ3) is 1.63. The maximum atomic E-state index is 10.3. The Morgan fingerprint density at radius 1 is 1.04 bits per heavy atom. The van der Waals surface area contributed by atoms with Crippen LogP contribution >= 0.6 is 0 Å². The van der Waals surface area contributed by atoms with Crippen LogP contribution in [0.4, 0.5) is 0 Å². The van der Waals surface area contributed by atoms with Crippen molar-refractivity contribution in [1.82, 2.24) is 0 Å². The fourth-order valence-electron chi connectivity index (χ4n) is 3.45. The van der Waals surface area contributed by atoms with Crippen molar-refractivity contribution >= 4 is 0 Å². The second-order valence-electron chi connectivity index (χ2n) is 5.73. The Bertz CT molecular complexity index is 815. The second kappa shape index (κ2) is 4.38. The van der Waals surface area contributed by atoms with Crippen molar-refractivity contribution < 1.29 is 28.8 Å². The first kappa shape index (κ1) is 12.8. The largest absolute Gasteiger partial charge is 0.502 e. The molecule has 0 spiro atoms. The third-order valence-corrected chi connectivity index (χ3v) is 4.58. The summed E-state index contributed by atoms with van der Waals surface area (Å²) in [5.41, 5.74) is 1.86. The lowest BCUT2D eigenvalue weighted by Crippen LogP contribution is -2.23. The van der Waals surface area contributed by atoms with Crippen LogP contribution in [-0.2, 0) is 0 Å². The molecule has 0 saturated heterocycles. The average molecular weight is 314 g/mol. The SMILES string of the molecule is COc1ccc2c(c1O)OC[C@H]1c3cc4c(cc3O[C@@H]21)OCO4. The summed E-state index contributed by atoms with van der Waals surface area (Å²) in [7, 11) is 1.51. The van der Waals surface area contributed by atoms with E-state index in [1.54, 1.807) is 6.07 Å². The summed E-state index contributed by atoms with van der Waals surface area (Å²) < 4.78 is 27.9. The molecule has 0 fully saturated rings. The molecule has 3 heterocycles. The number of aromatic hydroxyl groups is 1. The van der Waals surface area contributed by atoms with E-state index in [4.69, 9.17) is 23.7 Å². The molecular weight excluding hydrogens is 300 g/mol. The Balaban J connectivity index is 1.60. The van der Waals surface area contributed by atoms with E-state index in [2.05, 4.69) is 0 Å². The zero-order valence-corrected chi connectivity index (χ0v) is 12.4. The Morgan fingerprint density at radius 3 is 2.70 bits per heavy atom. The number of methoxy groups -OCH3 is 1. The molecule has 23 heavy (non-hydrogen) atoms. The molecule has 0 saturated carbocycles. The summed E-state index contributed by atoms with van der Waals surface area (Å²) >= 11 is 0. The van der Waals surface area contributed by atoms with Gasteiger partial charge in [-0.2, -0.15) is 0 Å². The maximum Gasteiger partial charge on any atom is 0.231 e. The fraction of sp³-hybridized carbons (Fsp3) is 0.294. The molecule has 3 aliphatic rings.